The van der Waals surface area contributed by atoms with Crippen molar-refractivity contribution in [1.29, 1.82) is 0 Å². The van der Waals surface area contributed by atoms with Gasteiger partial charge in [0, 0.05) is 12.1 Å². The predicted octanol–water partition coefficient (Wildman–Crippen LogP) is 1.75. The molecular formula is C14H20N2O2. The van der Waals surface area contributed by atoms with Crippen molar-refractivity contribution in [3.8, 4) is 5.75 Å². The summed E-state index contributed by atoms with van der Waals surface area (Å²) in [6, 6.07) is 7.91. The van der Waals surface area contributed by atoms with Gasteiger partial charge in [-0.1, -0.05) is 12.1 Å². The van der Waals surface area contributed by atoms with E-state index >= 15 is 0 Å². The first kappa shape index (κ1) is 12.9. The molecule has 4 heteroatoms. The van der Waals surface area contributed by atoms with E-state index in [9.17, 15) is 4.79 Å². The standard InChI is InChI=1S/C14H20N2O2/c1-9(15)11-3-7-13(8-4-11)18-10(2)14(17)16-12-5-6-12/h3-4,7-10,12H,5-6,15H2,1-2H3,(H,16,17)/t9-,10?/m0/s1. The fourth-order valence-corrected chi connectivity index (χ4v) is 1.65. The summed E-state index contributed by atoms with van der Waals surface area (Å²) in [6.07, 6.45) is 1.70. The van der Waals surface area contributed by atoms with E-state index < -0.39 is 6.10 Å². The second-order valence-corrected chi connectivity index (χ2v) is 4.90. The zero-order valence-electron chi connectivity index (χ0n) is 10.8. The Bertz CT molecular complexity index is 410. The maximum absolute atomic E-state index is 11.7. The lowest BCUT2D eigenvalue weighted by atomic mass is 10.1. The van der Waals surface area contributed by atoms with Gasteiger partial charge in [-0.05, 0) is 44.4 Å². The molecule has 0 heterocycles. The number of nitrogens with one attached hydrogen (secondary N) is 1. The van der Waals surface area contributed by atoms with Crippen molar-refractivity contribution in [2.24, 2.45) is 5.73 Å². The summed E-state index contributed by atoms with van der Waals surface area (Å²) in [5.74, 6) is 0.645. The first-order valence-corrected chi connectivity index (χ1v) is 6.39. The summed E-state index contributed by atoms with van der Waals surface area (Å²) in [7, 11) is 0. The van der Waals surface area contributed by atoms with E-state index in [4.69, 9.17) is 10.5 Å². The highest BCUT2D eigenvalue weighted by molar-refractivity contribution is 5.81. The molecule has 1 saturated carbocycles. The molecule has 2 rings (SSSR count). The van der Waals surface area contributed by atoms with Crippen LogP contribution >= 0.6 is 0 Å². The summed E-state index contributed by atoms with van der Waals surface area (Å²) in [5.41, 5.74) is 6.82. The fourth-order valence-electron chi connectivity index (χ4n) is 1.65. The maximum atomic E-state index is 11.7. The highest BCUT2D eigenvalue weighted by atomic mass is 16.5. The highest BCUT2D eigenvalue weighted by Crippen LogP contribution is 2.20. The van der Waals surface area contributed by atoms with E-state index in [0.717, 1.165) is 18.4 Å². The summed E-state index contributed by atoms with van der Waals surface area (Å²) < 4.78 is 5.59. The van der Waals surface area contributed by atoms with Gasteiger partial charge in [0.1, 0.15) is 5.75 Å². The number of hydrogen-bond donors (Lipinski definition) is 2. The SMILES string of the molecule is CC(Oc1ccc([C@H](C)N)cc1)C(=O)NC1CC1. The molecule has 1 aromatic rings. The van der Waals surface area contributed by atoms with Crippen molar-refractivity contribution in [3.63, 3.8) is 0 Å². The first-order valence-electron chi connectivity index (χ1n) is 6.39. The summed E-state index contributed by atoms with van der Waals surface area (Å²) >= 11 is 0. The Morgan fingerprint density at radius 2 is 1.94 bits per heavy atom. The van der Waals surface area contributed by atoms with E-state index in [1.165, 1.54) is 0 Å². The van der Waals surface area contributed by atoms with Crippen LogP contribution in [0.4, 0.5) is 0 Å². The maximum Gasteiger partial charge on any atom is 0.260 e. The number of ether oxygens (including phenoxy) is 1. The van der Waals surface area contributed by atoms with Crippen LogP contribution in [0.15, 0.2) is 24.3 Å². The third-order valence-corrected chi connectivity index (χ3v) is 3.01. The molecule has 1 unspecified atom stereocenters. The third kappa shape index (κ3) is 3.47. The molecule has 0 aliphatic heterocycles. The minimum absolute atomic E-state index is 0.00892. The van der Waals surface area contributed by atoms with Crippen LogP contribution in [0.3, 0.4) is 0 Å². The van der Waals surface area contributed by atoms with E-state index in [1.807, 2.05) is 31.2 Å². The normalized spacial score (nSPS) is 17.9. The van der Waals surface area contributed by atoms with Crippen LogP contribution in [-0.2, 0) is 4.79 Å². The first-order chi connectivity index (χ1) is 8.56. The Morgan fingerprint density at radius 3 is 2.44 bits per heavy atom. The molecule has 18 heavy (non-hydrogen) atoms. The number of amides is 1. The number of rotatable bonds is 5. The highest BCUT2D eigenvalue weighted by Gasteiger charge is 2.26. The van der Waals surface area contributed by atoms with Crippen LogP contribution in [-0.4, -0.2) is 18.1 Å². The minimum Gasteiger partial charge on any atom is -0.481 e. The Morgan fingerprint density at radius 1 is 1.33 bits per heavy atom. The Hall–Kier alpha value is -1.55. The fraction of sp³-hybridized carbons (Fsp3) is 0.500. The molecule has 2 atom stereocenters. The lowest BCUT2D eigenvalue weighted by Gasteiger charge is -2.15. The molecule has 1 aromatic carbocycles. The molecule has 98 valence electrons. The molecule has 1 amide bonds. The molecule has 0 saturated heterocycles. The number of benzene rings is 1. The van der Waals surface area contributed by atoms with E-state index in [1.54, 1.807) is 6.92 Å². The van der Waals surface area contributed by atoms with E-state index in [-0.39, 0.29) is 11.9 Å². The predicted molar refractivity (Wildman–Crippen MR) is 70.3 cm³/mol. The van der Waals surface area contributed by atoms with E-state index in [0.29, 0.717) is 11.8 Å². The largest absolute Gasteiger partial charge is 0.481 e. The van der Waals surface area contributed by atoms with Gasteiger partial charge < -0.3 is 15.8 Å². The van der Waals surface area contributed by atoms with Gasteiger partial charge in [0.25, 0.3) is 5.91 Å². The number of carbonyl (C=O) groups excluding carboxylic acids is 1. The van der Waals surface area contributed by atoms with Crippen molar-refractivity contribution in [2.45, 2.75) is 44.9 Å². The smallest absolute Gasteiger partial charge is 0.260 e. The van der Waals surface area contributed by atoms with Crippen molar-refractivity contribution >= 4 is 5.91 Å². The van der Waals surface area contributed by atoms with Crippen molar-refractivity contribution in [1.82, 2.24) is 5.32 Å². The quantitative estimate of drug-likeness (QED) is 0.834. The molecule has 0 aromatic heterocycles. The Balaban J connectivity index is 1.89. The van der Waals surface area contributed by atoms with Gasteiger partial charge in [-0.25, -0.2) is 0 Å². The molecule has 0 spiro atoms. The van der Waals surface area contributed by atoms with Crippen LogP contribution in [0.1, 0.15) is 38.3 Å². The zero-order valence-corrected chi connectivity index (χ0v) is 10.8. The van der Waals surface area contributed by atoms with Crippen LogP contribution in [0.5, 0.6) is 5.75 Å². The number of hydrogen-bond acceptors (Lipinski definition) is 3. The molecule has 0 bridgehead atoms. The zero-order chi connectivity index (χ0) is 13.1. The summed E-state index contributed by atoms with van der Waals surface area (Å²) in [4.78, 5) is 11.7. The van der Waals surface area contributed by atoms with Gasteiger partial charge in [0.15, 0.2) is 6.10 Å². The molecular weight excluding hydrogens is 228 g/mol. The monoisotopic (exact) mass is 248 g/mol. The third-order valence-electron chi connectivity index (χ3n) is 3.01. The van der Waals surface area contributed by atoms with Gasteiger partial charge >= 0.3 is 0 Å². The molecule has 0 radical (unpaired) electrons. The topological polar surface area (TPSA) is 64.3 Å². The van der Waals surface area contributed by atoms with E-state index in [2.05, 4.69) is 5.32 Å². The lowest BCUT2D eigenvalue weighted by molar-refractivity contribution is -0.127. The molecule has 1 aliphatic rings. The summed E-state index contributed by atoms with van der Waals surface area (Å²) in [5, 5.41) is 2.92. The molecule has 1 aliphatic carbocycles. The second kappa shape index (κ2) is 5.40. The Labute approximate surface area is 108 Å². The minimum atomic E-state index is -0.466. The average molecular weight is 248 g/mol. The second-order valence-electron chi connectivity index (χ2n) is 4.90. The van der Waals surface area contributed by atoms with Gasteiger partial charge in [0.2, 0.25) is 0 Å². The van der Waals surface area contributed by atoms with Gasteiger partial charge in [-0.15, -0.1) is 0 Å². The molecule has 3 N–H and O–H groups in total. The van der Waals surface area contributed by atoms with Crippen LogP contribution in [0.2, 0.25) is 0 Å². The summed E-state index contributed by atoms with van der Waals surface area (Å²) in [6.45, 7) is 3.69. The van der Waals surface area contributed by atoms with Gasteiger partial charge in [-0.2, -0.15) is 0 Å². The van der Waals surface area contributed by atoms with Crippen LogP contribution < -0.4 is 15.8 Å². The Kier molecular flexibility index (Phi) is 3.87. The lowest BCUT2D eigenvalue weighted by Crippen LogP contribution is -2.37. The van der Waals surface area contributed by atoms with Gasteiger partial charge in [-0.3, -0.25) is 4.79 Å². The van der Waals surface area contributed by atoms with Crippen LogP contribution in [0, 0.1) is 0 Å². The molecule has 1 fully saturated rings. The van der Waals surface area contributed by atoms with Gasteiger partial charge in [0.05, 0.1) is 0 Å². The van der Waals surface area contributed by atoms with Crippen molar-refractivity contribution in [3.05, 3.63) is 29.8 Å². The molecule has 4 nitrogen and oxygen atoms in total. The van der Waals surface area contributed by atoms with Crippen molar-refractivity contribution < 1.29 is 9.53 Å². The number of nitrogens with two attached hydrogens (primary N) is 1. The van der Waals surface area contributed by atoms with Crippen molar-refractivity contribution in [2.75, 3.05) is 0 Å². The average Bonchev–Trinajstić information content (AvgIpc) is 3.13. The van der Waals surface area contributed by atoms with Crippen LogP contribution in [0.25, 0.3) is 0 Å². The number of carbonyl (C=O) groups is 1.